The van der Waals surface area contributed by atoms with Crippen LogP contribution in [0, 0.1) is 0 Å². The fourth-order valence-corrected chi connectivity index (χ4v) is 6.71. The number of ether oxygens (including phenoxy) is 10. The van der Waals surface area contributed by atoms with Crippen molar-refractivity contribution in [3.05, 3.63) is 35.9 Å². The number of fused-ring (bicyclic) bond motifs is 1. The Labute approximate surface area is 310 Å². The lowest BCUT2D eigenvalue weighted by Crippen LogP contribution is -2.64. The summed E-state index contributed by atoms with van der Waals surface area (Å²) < 4.78 is 62.8. The molecule has 3 heterocycles. The quantitative estimate of drug-likeness (QED) is 0.0941. The molecule has 296 valence electrons. The van der Waals surface area contributed by atoms with E-state index < -0.39 is 73.4 Å². The molecule has 10 atom stereocenters. The van der Waals surface area contributed by atoms with E-state index in [4.69, 9.17) is 47.4 Å². The van der Waals surface area contributed by atoms with Gasteiger partial charge in [-0.25, -0.2) is 4.79 Å². The van der Waals surface area contributed by atoms with Crippen molar-refractivity contribution in [2.75, 3.05) is 46.8 Å². The van der Waals surface area contributed by atoms with E-state index in [1.54, 1.807) is 12.0 Å². The van der Waals surface area contributed by atoms with Crippen molar-refractivity contribution in [1.82, 2.24) is 4.90 Å². The molecule has 4 unspecified atom stereocenters. The zero-order chi connectivity index (χ0) is 37.3. The van der Waals surface area contributed by atoms with Gasteiger partial charge < -0.3 is 47.4 Å². The molecule has 1 aromatic rings. The molecule has 3 aliphatic heterocycles. The molecular weight excluding hydrogens is 674 g/mol. The number of amides is 1. The molecule has 0 aromatic heterocycles. The van der Waals surface area contributed by atoms with Crippen molar-refractivity contribution in [3.63, 3.8) is 0 Å². The fraction of sp³-hybridized carbons (Fsp3) is 0.795. The van der Waals surface area contributed by atoms with Crippen molar-refractivity contribution in [3.8, 4) is 0 Å². The zero-order valence-corrected chi connectivity index (χ0v) is 32.1. The van der Waals surface area contributed by atoms with Crippen molar-refractivity contribution in [2.24, 2.45) is 0 Å². The first kappa shape index (κ1) is 42.4. The Balaban J connectivity index is 1.63. The molecule has 1 aromatic carbocycles. The van der Waals surface area contributed by atoms with Gasteiger partial charge in [0.15, 0.2) is 24.8 Å². The third-order valence-corrected chi connectivity index (χ3v) is 9.54. The monoisotopic (exact) mass is 737 g/mol. The predicted octanol–water partition coefficient (Wildman–Crippen LogP) is 5.79. The number of unbranched alkanes of at least 4 members (excludes halogenated alkanes) is 4. The van der Waals surface area contributed by atoms with Crippen molar-refractivity contribution in [2.45, 2.75) is 154 Å². The van der Waals surface area contributed by atoms with Crippen LogP contribution in [0.25, 0.3) is 0 Å². The van der Waals surface area contributed by atoms with E-state index in [1.807, 2.05) is 30.3 Å². The summed E-state index contributed by atoms with van der Waals surface area (Å²) in [5.74, 6) is -0.513. The lowest BCUT2D eigenvalue weighted by molar-refractivity contribution is -0.331. The van der Waals surface area contributed by atoms with Crippen LogP contribution in [0.2, 0.25) is 0 Å². The molecule has 0 radical (unpaired) electrons. The van der Waals surface area contributed by atoms with Gasteiger partial charge in [-0.3, -0.25) is 9.69 Å². The highest BCUT2D eigenvalue weighted by Crippen LogP contribution is 2.37. The molecule has 0 bridgehead atoms. The highest BCUT2D eigenvalue weighted by molar-refractivity contribution is 5.71. The van der Waals surface area contributed by atoms with Gasteiger partial charge >= 0.3 is 12.1 Å². The van der Waals surface area contributed by atoms with E-state index in [0.29, 0.717) is 26.4 Å². The van der Waals surface area contributed by atoms with E-state index in [1.165, 1.54) is 6.92 Å². The molecular formula is C39H63NO12. The van der Waals surface area contributed by atoms with Crippen LogP contribution in [-0.4, -0.2) is 125 Å². The van der Waals surface area contributed by atoms with Crippen LogP contribution in [0.1, 0.15) is 91.5 Å². The Bertz CT molecular complexity index is 1160. The topological polar surface area (TPSA) is 130 Å². The second kappa shape index (κ2) is 22.8. The van der Waals surface area contributed by atoms with Crippen LogP contribution in [-0.2, 0) is 58.7 Å². The largest absolute Gasteiger partial charge is 0.456 e. The Kier molecular flexibility index (Phi) is 18.6. The average molecular weight is 738 g/mol. The number of nitrogens with zero attached hydrogens (tertiary/aromatic N) is 1. The van der Waals surface area contributed by atoms with Crippen molar-refractivity contribution >= 4 is 12.1 Å². The number of hydrogen-bond acceptors (Lipinski definition) is 12. The number of rotatable bonds is 24. The number of esters is 1. The fourth-order valence-electron chi connectivity index (χ4n) is 6.71. The minimum Gasteiger partial charge on any atom is -0.456 e. The molecule has 3 fully saturated rings. The van der Waals surface area contributed by atoms with Gasteiger partial charge in [-0.1, -0.05) is 83.7 Å². The third-order valence-electron chi connectivity index (χ3n) is 9.54. The molecule has 0 N–H and O–H groups in total. The van der Waals surface area contributed by atoms with Gasteiger partial charge in [0.2, 0.25) is 0 Å². The molecule has 0 spiro atoms. The summed E-state index contributed by atoms with van der Waals surface area (Å²) in [4.78, 5) is 27.5. The van der Waals surface area contributed by atoms with E-state index in [0.717, 1.165) is 56.9 Å². The smallest absolute Gasteiger partial charge is 0.411 e. The van der Waals surface area contributed by atoms with Crippen molar-refractivity contribution < 1.29 is 57.0 Å². The Morgan fingerprint density at radius 2 is 1.29 bits per heavy atom. The second-order valence-corrected chi connectivity index (χ2v) is 13.7. The second-order valence-electron chi connectivity index (χ2n) is 13.7. The Morgan fingerprint density at radius 3 is 1.90 bits per heavy atom. The van der Waals surface area contributed by atoms with Crippen molar-refractivity contribution in [1.29, 1.82) is 0 Å². The molecule has 1 amide bonds. The van der Waals surface area contributed by atoms with Crippen LogP contribution in [0.4, 0.5) is 4.79 Å². The highest BCUT2D eigenvalue weighted by Gasteiger charge is 2.59. The molecule has 52 heavy (non-hydrogen) atoms. The number of carbonyl (C=O) groups excluding carboxylic acids is 2. The summed E-state index contributed by atoms with van der Waals surface area (Å²) in [5, 5.41) is 0. The van der Waals surface area contributed by atoms with Gasteiger partial charge in [0.05, 0.1) is 13.2 Å². The lowest BCUT2D eigenvalue weighted by atomic mass is 9.95. The van der Waals surface area contributed by atoms with Crippen LogP contribution < -0.4 is 0 Å². The van der Waals surface area contributed by atoms with Crippen LogP contribution in [0.5, 0.6) is 0 Å². The predicted molar refractivity (Wildman–Crippen MR) is 192 cm³/mol. The first-order valence-corrected chi connectivity index (χ1v) is 19.4. The summed E-state index contributed by atoms with van der Waals surface area (Å²) >= 11 is 0. The maximum absolute atomic E-state index is 13.6. The average Bonchev–Trinajstić information content (AvgIpc) is 3.47. The molecule has 0 saturated carbocycles. The summed E-state index contributed by atoms with van der Waals surface area (Å²) in [6, 6.07) is 8.87. The normalized spacial score (nSPS) is 30.3. The summed E-state index contributed by atoms with van der Waals surface area (Å²) in [5.41, 5.74) is 0.900. The van der Waals surface area contributed by atoms with Crippen LogP contribution in [0.3, 0.4) is 0 Å². The molecule has 3 saturated heterocycles. The number of carbonyl (C=O) groups is 2. The number of hydrogen-bond donors (Lipinski definition) is 0. The first-order chi connectivity index (χ1) is 25.4. The summed E-state index contributed by atoms with van der Waals surface area (Å²) in [7, 11) is 1.59. The van der Waals surface area contributed by atoms with Gasteiger partial charge in [-0.2, -0.15) is 0 Å². The van der Waals surface area contributed by atoms with Gasteiger partial charge in [0.25, 0.3) is 0 Å². The van der Waals surface area contributed by atoms with E-state index in [-0.39, 0.29) is 19.8 Å². The molecule has 0 aliphatic carbocycles. The third kappa shape index (κ3) is 11.8. The number of benzene rings is 1. The minimum atomic E-state index is -0.981. The van der Waals surface area contributed by atoms with Gasteiger partial charge in [0, 0.05) is 47.0 Å². The van der Waals surface area contributed by atoms with Crippen LogP contribution in [0.15, 0.2) is 30.3 Å². The minimum absolute atomic E-state index is 0.0227. The maximum Gasteiger partial charge on any atom is 0.411 e. The first-order valence-electron chi connectivity index (χ1n) is 19.4. The molecule has 13 heteroatoms. The molecule has 3 aliphatic rings. The zero-order valence-electron chi connectivity index (χ0n) is 32.1. The van der Waals surface area contributed by atoms with Gasteiger partial charge in [-0.15, -0.1) is 0 Å². The number of methoxy groups -OCH3 is 1. The van der Waals surface area contributed by atoms with Gasteiger partial charge in [0.1, 0.15) is 36.6 Å². The van der Waals surface area contributed by atoms with E-state index >= 15 is 0 Å². The van der Waals surface area contributed by atoms with Crippen LogP contribution >= 0.6 is 0 Å². The SMILES string of the molecule is CCCCOCC1O[C@H](OCC2O[C@H](OC)C(OCCCC)[C@@H](OCCCC)[C@@H]2OCCCC)C2[C@@H](OC(=O)N2Cc2ccccc2)[C@@H]1OC(C)=O. The molecule has 13 nitrogen and oxygen atoms in total. The van der Waals surface area contributed by atoms with E-state index in [9.17, 15) is 9.59 Å². The van der Waals surface area contributed by atoms with E-state index in [2.05, 4.69) is 27.7 Å². The Morgan fingerprint density at radius 1 is 0.712 bits per heavy atom. The summed E-state index contributed by atoms with van der Waals surface area (Å²) in [6.45, 7) is 12.2. The maximum atomic E-state index is 13.6. The highest BCUT2D eigenvalue weighted by atomic mass is 16.7. The standard InChI is InChI=1S/C39H63NO12/c1-7-11-20-44-25-29-33(49-27(5)41)34-31(40(39(42)52-34)24-28-18-16-15-17-19-28)37(50-29)48-26-30-32(45-21-12-8-2)35(46-22-13-9-3)36(38(43-6)51-30)47-23-14-10-4/h15-19,29-38H,7-14,20-26H2,1-6H3/t29?,30?,31?,32-,33-,34-,35+,36?,37+,38+/m1/s1. The van der Waals surface area contributed by atoms with Gasteiger partial charge in [-0.05, 0) is 31.2 Å². The molecule has 4 rings (SSSR count). The summed E-state index contributed by atoms with van der Waals surface area (Å²) in [6.07, 6.45) is 0.433. The Hall–Kier alpha value is -2.36. The lowest BCUT2D eigenvalue weighted by Gasteiger charge is -2.47.